The number of nitrogens with one attached hydrogen (secondary N) is 3. The Morgan fingerprint density at radius 2 is 2.08 bits per heavy atom. The maximum Gasteiger partial charge on any atom is 0.247 e. The number of hydrogen-bond acceptors (Lipinski definition) is 7. The first-order chi connectivity index (χ1) is 12.5. The van der Waals surface area contributed by atoms with Crippen LogP contribution >= 0.6 is 23.1 Å². The molecule has 3 rings (SSSR count). The summed E-state index contributed by atoms with van der Waals surface area (Å²) in [5.41, 5.74) is 2.26. The Balaban J connectivity index is 1.78. The zero-order valence-electron chi connectivity index (χ0n) is 13.8. The first kappa shape index (κ1) is 17.8. The molecule has 0 saturated heterocycles. The number of aromatic nitrogens is 3. The summed E-state index contributed by atoms with van der Waals surface area (Å²) in [4.78, 5) is 20.0. The molecule has 0 aliphatic rings. The normalized spacial score (nSPS) is 10.2. The first-order valence-electron chi connectivity index (χ1n) is 7.57. The van der Waals surface area contributed by atoms with E-state index in [2.05, 4.69) is 36.9 Å². The minimum absolute atomic E-state index is 0.284. The molecule has 26 heavy (non-hydrogen) atoms. The minimum Gasteiger partial charge on any atom is -0.339 e. The van der Waals surface area contributed by atoms with E-state index in [0.717, 1.165) is 10.7 Å². The van der Waals surface area contributed by atoms with Crippen LogP contribution in [0.15, 0.2) is 49.2 Å². The van der Waals surface area contributed by atoms with Crippen LogP contribution in [0.1, 0.15) is 5.69 Å². The molecule has 0 aliphatic carbocycles. The maximum absolute atomic E-state index is 11.4. The zero-order chi connectivity index (χ0) is 18.5. The predicted octanol–water partition coefficient (Wildman–Crippen LogP) is 4.51. The minimum atomic E-state index is -0.284. The summed E-state index contributed by atoms with van der Waals surface area (Å²) in [6.45, 7) is 5.34. The summed E-state index contributed by atoms with van der Waals surface area (Å²) in [6.07, 6.45) is 2.72. The highest BCUT2D eigenvalue weighted by atomic mass is 35.5. The van der Waals surface area contributed by atoms with Crippen LogP contribution in [0, 0.1) is 6.92 Å². The number of hydrogen-bond donors (Lipinski definition) is 3. The predicted molar refractivity (Wildman–Crippen MR) is 106 cm³/mol. The molecule has 0 aliphatic heterocycles. The lowest BCUT2D eigenvalue weighted by atomic mass is 10.2. The van der Waals surface area contributed by atoms with Crippen molar-refractivity contribution in [2.45, 2.75) is 6.92 Å². The summed E-state index contributed by atoms with van der Waals surface area (Å²) in [6, 6.07) is 9.07. The van der Waals surface area contributed by atoms with E-state index in [1.807, 2.05) is 19.1 Å². The fraction of sp³-hybridized carbons (Fsp3) is 0.0588. The average molecular weight is 387 g/mol. The second-order valence-electron chi connectivity index (χ2n) is 5.25. The van der Waals surface area contributed by atoms with Crippen molar-refractivity contribution in [2.24, 2.45) is 0 Å². The van der Waals surface area contributed by atoms with E-state index < -0.39 is 0 Å². The van der Waals surface area contributed by atoms with Gasteiger partial charge in [-0.25, -0.2) is 4.98 Å². The molecular weight excluding hydrogens is 372 g/mol. The number of amides is 1. The molecule has 7 nitrogen and oxygen atoms in total. The van der Waals surface area contributed by atoms with E-state index >= 15 is 0 Å². The number of carbonyl (C=O) groups is 1. The van der Waals surface area contributed by atoms with Gasteiger partial charge in [0.15, 0.2) is 5.82 Å². The third kappa shape index (κ3) is 4.56. The van der Waals surface area contributed by atoms with Crippen molar-refractivity contribution in [1.82, 2.24) is 14.3 Å². The van der Waals surface area contributed by atoms with Gasteiger partial charge in [-0.15, -0.1) is 0 Å². The van der Waals surface area contributed by atoms with Gasteiger partial charge in [0.1, 0.15) is 10.0 Å². The van der Waals surface area contributed by atoms with Crippen LogP contribution in [-0.4, -0.2) is 20.2 Å². The van der Waals surface area contributed by atoms with E-state index in [0.29, 0.717) is 28.2 Å². The van der Waals surface area contributed by atoms with Gasteiger partial charge < -0.3 is 16.0 Å². The number of carbonyl (C=O) groups excluding carboxylic acids is 1. The third-order valence-corrected chi connectivity index (χ3v) is 4.26. The first-order valence-corrected chi connectivity index (χ1v) is 8.72. The van der Waals surface area contributed by atoms with E-state index in [-0.39, 0.29) is 5.91 Å². The molecule has 0 atom stereocenters. The fourth-order valence-electron chi connectivity index (χ4n) is 2.05. The van der Waals surface area contributed by atoms with Gasteiger partial charge in [0.2, 0.25) is 11.9 Å². The molecule has 132 valence electrons. The van der Waals surface area contributed by atoms with Gasteiger partial charge in [-0.3, -0.25) is 4.79 Å². The molecule has 1 aromatic carbocycles. The van der Waals surface area contributed by atoms with Crippen molar-refractivity contribution in [3.63, 3.8) is 0 Å². The summed E-state index contributed by atoms with van der Waals surface area (Å²) < 4.78 is 4.20. The quantitative estimate of drug-likeness (QED) is 0.540. The molecule has 0 radical (unpaired) electrons. The van der Waals surface area contributed by atoms with Crippen LogP contribution in [0.3, 0.4) is 0 Å². The van der Waals surface area contributed by atoms with Gasteiger partial charge in [0.25, 0.3) is 0 Å². The van der Waals surface area contributed by atoms with Crippen molar-refractivity contribution in [1.29, 1.82) is 0 Å². The van der Waals surface area contributed by atoms with Gasteiger partial charge in [-0.05, 0) is 48.8 Å². The standard InChI is InChI=1S/C17H15ClN6OS/c1-3-14(25)20-11-5-4-6-12(8-11)21-16-13(18)9-19-17(23-16)22-15-7-10(2)24-26-15/h3-9H,1H2,2H3,(H,20,25)(H2,19,21,22,23). The van der Waals surface area contributed by atoms with Crippen LogP contribution in [-0.2, 0) is 4.79 Å². The van der Waals surface area contributed by atoms with Crippen molar-refractivity contribution < 1.29 is 4.79 Å². The van der Waals surface area contributed by atoms with Crippen LogP contribution in [0.2, 0.25) is 5.02 Å². The van der Waals surface area contributed by atoms with Gasteiger partial charge in [0, 0.05) is 11.4 Å². The molecule has 9 heteroatoms. The largest absolute Gasteiger partial charge is 0.339 e. The lowest BCUT2D eigenvalue weighted by Gasteiger charge is -2.10. The van der Waals surface area contributed by atoms with Crippen LogP contribution < -0.4 is 16.0 Å². The van der Waals surface area contributed by atoms with Crippen molar-refractivity contribution >= 4 is 57.2 Å². The van der Waals surface area contributed by atoms with Gasteiger partial charge in [-0.2, -0.15) is 9.36 Å². The average Bonchev–Trinajstić information content (AvgIpc) is 3.03. The molecule has 0 unspecified atom stereocenters. The van der Waals surface area contributed by atoms with Crippen LogP contribution in [0.5, 0.6) is 0 Å². The molecule has 2 aromatic heterocycles. The Morgan fingerprint density at radius 3 is 2.81 bits per heavy atom. The lowest BCUT2D eigenvalue weighted by Crippen LogP contribution is -2.07. The Bertz CT molecular complexity index is 958. The second-order valence-corrected chi connectivity index (χ2v) is 6.46. The second kappa shape index (κ2) is 7.94. The molecule has 0 spiro atoms. The molecule has 3 aromatic rings. The topological polar surface area (TPSA) is 91.8 Å². The third-order valence-electron chi connectivity index (χ3n) is 3.19. The number of rotatable bonds is 6. The van der Waals surface area contributed by atoms with Crippen molar-refractivity contribution in [2.75, 3.05) is 16.0 Å². The SMILES string of the molecule is C=CC(=O)Nc1cccc(Nc2nc(Nc3cc(C)ns3)ncc2Cl)c1. The number of benzene rings is 1. The fourth-order valence-corrected chi connectivity index (χ4v) is 2.85. The van der Waals surface area contributed by atoms with Gasteiger partial charge >= 0.3 is 0 Å². The smallest absolute Gasteiger partial charge is 0.247 e. The molecule has 3 N–H and O–H groups in total. The van der Waals surface area contributed by atoms with E-state index in [4.69, 9.17) is 11.6 Å². The Labute approximate surface area is 159 Å². The summed E-state index contributed by atoms with van der Waals surface area (Å²) in [7, 11) is 0. The van der Waals surface area contributed by atoms with E-state index in [9.17, 15) is 4.79 Å². The highest BCUT2D eigenvalue weighted by molar-refractivity contribution is 7.10. The van der Waals surface area contributed by atoms with E-state index in [1.165, 1.54) is 23.8 Å². The zero-order valence-corrected chi connectivity index (χ0v) is 15.4. The van der Waals surface area contributed by atoms with Crippen LogP contribution in [0.25, 0.3) is 0 Å². The Kier molecular flexibility index (Phi) is 5.45. The van der Waals surface area contributed by atoms with E-state index in [1.54, 1.807) is 18.2 Å². The molecule has 2 heterocycles. The molecule has 0 bridgehead atoms. The van der Waals surface area contributed by atoms with Crippen molar-refractivity contribution in [3.05, 3.63) is 59.9 Å². The summed E-state index contributed by atoms with van der Waals surface area (Å²) in [5, 5.41) is 10.1. The highest BCUT2D eigenvalue weighted by Crippen LogP contribution is 2.27. The Hall–Kier alpha value is -2.97. The van der Waals surface area contributed by atoms with Gasteiger partial charge in [0.05, 0.1) is 11.9 Å². The number of anilines is 5. The summed E-state index contributed by atoms with van der Waals surface area (Å²) >= 11 is 7.52. The number of aryl methyl sites for hydroxylation is 1. The Morgan fingerprint density at radius 1 is 1.27 bits per heavy atom. The monoisotopic (exact) mass is 386 g/mol. The van der Waals surface area contributed by atoms with Gasteiger partial charge in [-0.1, -0.05) is 24.2 Å². The van der Waals surface area contributed by atoms with Crippen LogP contribution in [0.4, 0.5) is 28.1 Å². The molecule has 0 saturated carbocycles. The highest BCUT2D eigenvalue weighted by Gasteiger charge is 2.08. The number of halogens is 1. The maximum atomic E-state index is 11.4. The van der Waals surface area contributed by atoms with Crippen molar-refractivity contribution in [3.8, 4) is 0 Å². The molecule has 1 amide bonds. The molecular formula is C17H15ClN6OS. The summed E-state index contributed by atoms with van der Waals surface area (Å²) in [5.74, 6) is 0.558. The molecule has 0 fully saturated rings. The lowest BCUT2D eigenvalue weighted by molar-refractivity contribution is -0.111. The number of nitrogens with zero attached hydrogens (tertiary/aromatic N) is 3.